The topological polar surface area (TPSA) is 53.9 Å². The summed E-state index contributed by atoms with van der Waals surface area (Å²) >= 11 is 12.0. The summed E-state index contributed by atoms with van der Waals surface area (Å²) in [6, 6.07) is 14.8. The molecule has 142 valence electrons. The second kappa shape index (κ2) is 9.11. The van der Waals surface area contributed by atoms with Gasteiger partial charge >= 0.3 is 6.03 Å². The molecule has 1 aliphatic heterocycles. The molecule has 1 aliphatic rings. The number of carbonyl (C=O) groups is 1. The minimum atomic E-state index is -0.197. The molecular weight excluding hydrogens is 385 g/mol. The molecule has 5 nitrogen and oxygen atoms in total. The molecule has 2 aromatic carbocycles. The molecule has 7 heteroatoms. The van der Waals surface area contributed by atoms with Gasteiger partial charge in [-0.3, -0.25) is 0 Å². The van der Waals surface area contributed by atoms with Gasteiger partial charge in [-0.1, -0.05) is 52.6 Å². The molecule has 0 radical (unpaired) electrons. The molecule has 2 amide bonds. The fraction of sp³-hybridized carbons (Fsp3) is 0.300. The van der Waals surface area contributed by atoms with E-state index < -0.39 is 0 Å². The second-order valence-electron chi connectivity index (χ2n) is 6.32. The minimum Gasteiger partial charge on any atom is -0.390 e. The van der Waals surface area contributed by atoms with Crippen LogP contribution in [-0.2, 0) is 11.4 Å². The van der Waals surface area contributed by atoms with E-state index in [1.807, 2.05) is 55.5 Å². The number of amides is 2. The molecule has 0 unspecified atom stereocenters. The Kier molecular flexibility index (Phi) is 6.58. The molecule has 1 atom stereocenters. The van der Waals surface area contributed by atoms with Gasteiger partial charge in [-0.2, -0.15) is 0 Å². The summed E-state index contributed by atoms with van der Waals surface area (Å²) in [6.07, 6.45) is 0.435. The van der Waals surface area contributed by atoms with E-state index in [0.717, 1.165) is 16.8 Å². The van der Waals surface area contributed by atoms with Crippen molar-refractivity contribution in [2.24, 2.45) is 5.16 Å². The number of halogens is 2. The van der Waals surface area contributed by atoms with Crippen LogP contribution in [-0.4, -0.2) is 35.8 Å². The third kappa shape index (κ3) is 5.37. The van der Waals surface area contributed by atoms with E-state index in [1.54, 1.807) is 4.90 Å². The molecule has 1 heterocycles. The molecule has 3 rings (SSSR count). The molecule has 0 saturated carbocycles. The van der Waals surface area contributed by atoms with Gasteiger partial charge in [0.05, 0.1) is 12.3 Å². The Bertz CT molecular complexity index is 824. The summed E-state index contributed by atoms with van der Waals surface area (Å²) < 4.78 is 0. The third-order valence-corrected chi connectivity index (χ3v) is 4.70. The molecule has 0 bridgehead atoms. The third-order valence-electron chi connectivity index (χ3n) is 4.21. The lowest BCUT2D eigenvalue weighted by Gasteiger charge is -2.25. The van der Waals surface area contributed by atoms with Gasteiger partial charge in [0.25, 0.3) is 0 Å². The van der Waals surface area contributed by atoms with Gasteiger partial charge in [0.15, 0.2) is 6.10 Å². The van der Waals surface area contributed by atoms with Crippen molar-refractivity contribution in [2.45, 2.75) is 26.0 Å². The van der Waals surface area contributed by atoms with Crippen LogP contribution in [0.5, 0.6) is 0 Å². The van der Waals surface area contributed by atoms with Crippen molar-refractivity contribution in [1.29, 1.82) is 0 Å². The number of hydrogen-bond acceptors (Lipinski definition) is 3. The Labute approximate surface area is 168 Å². The normalized spacial score (nSPS) is 15.8. The SMILES string of the molecule is CCNC(=O)N(Cc1cccc(Cl)c1)C[C@@H]1CC(c2ccc(Cl)cc2)=NO1. The van der Waals surface area contributed by atoms with Crippen LogP contribution >= 0.6 is 23.2 Å². The van der Waals surface area contributed by atoms with Crippen LogP contribution in [0.25, 0.3) is 0 Å². The van der Waals surface area contributed by atoms with Gasteiger partial charge in [0.1, 0.15) is 0 Å². The number of hydrogen-bond donors (Lipinski definition) is 1. The van der Waals surface area contributed by atoms with Crippen molar-refractivity contribution in [3.63, 3.8) is 0 Å². The van der Waals surface area contributed by atoms with Crippen LogP contribution in [0, 0.1) is 0 Å². The zero-order valence-electron chi connectivity index (χ0n) is 15.0. The molecule has 0 saturated heterocycles. The minimum absolute atomic E-state index is 0.138. The Balaban J connectivity index is 1.66. The van der Waals surface area contributed by atoms with Crippen LogP contribution in [0.15, 0.2) is 53.7 Å². The zero-order chi connectivity index (χ0) is 19.2. The summed E-state index contributed by atoms with van der Waals surface area (Å²) in [7, 11) is 0. The van der Waals surface area contributed by atoms with Crippen molar-refractivity contribution in [3.8, 4) is 0 Å². The highest BCUT2D eigenvalue weighted by atomic mass is 35.5. The largest absolute Gasteiger partial charge is 0.390 e. The van der Waals surface area contributed by atoms with E-state index in [1.165, 1.54) is 0 Å². The van der Waals surface area contributed by atoms with E-state index in [2.05, 4.69) is 10.5 Å². The highest BCUT2D eigenvalue weighted by molar-refractivity contribution is 6.31. The lowest BCUT2D eigenvalue weighted by Crippen LogP contribution is -2.43. The van der Waals surface area contributed by atoms with Crippen molar-refractivity contribution >= 4 is 34.9 Å². The molecule has 0 aliphatic carbocycles. The van der Waals surface area contributed by atoms with E-state index in [-0.39, 0.29) is 12.1 Å². The highest BCUT2D eigenvalue weighted by Gasteiger charge is 2.26. The monoisotopic (exact) mass is 405 g/mol. The molecular formula is C20H21Cl2N3O2. The maximum absolute atomic E-state index is 12.5. The quantitative estimate of drug-likeness (QED) is 0.755. The average Bonchev–Trinajstić information content (AvgIpc) is 3.10. The highest BCUT2D eigenvalue weighted by Crippen LogP contribution is 2.20. The van der Waals surface area contributed by atoms with Crippen LogP contribution in [0.3, 0.4) is 0 Å². The zero-order valence-corrected chi connectivity index (χ0v) is 16.5. The first-order valence-electron chi connectivity index (χ1n) is 8.81. The smallest absolute Gasteiger partial charge is 0.317 e. The van der Waals surface area contributed by atoms with Gasteiger partial charge < -0.3 is 15.1 Å². The summed E-state index contributed by atoms with van der Waals surface area (Å²) in [4.78, 5) is 19.8. The Hall–Kier alpha value is -2.24. The Morgan fingerprint density at radius 2 is 2.00 bits per heavy atom. The molecule has 0 aromatic heterocycles. The van der Waals surface area contributed by atoms with Crippen LogP contribution in [0.2, 0.25) is 10.0 Å². The van der Waals surface area contributed by atoms with Crippen LogP contribution in [0.4, 0.5) is 4.79 Å². The lowest BCUT2D eigenvalue weighted by atomic mass is 10.0. The van der Waals surface area contributed by atoms with Gasteiger partial charge in [-0.15, -0.1) is 0 Å². The van der Waals surface area contributed by atoms with Crippen molar-refractivity contribution < 1.29 is 9.63 Å². The number of rotatable bonds is 6. The summed E-state index contributed by atoms with van der Waals surface area (Å²) in [5, 5.41) is 8.37. The number of oxime groups is 1. The fourth-order valence-electron chi connectivity index (χ4n) is 2.92. The molecule has 0 fully saturated rings. The first-order chi connectivity index (χ1) is 13.0. The number of benzene rings is 2. The molecule has 2 aromatic rings. The van der Waals surface area contributed by atoms with Crippen molar-refractivity contribution in [2.75, 3.05) is 13.1 Å². The molecule has 27 heavy (non-hydrogen) atoms. The first-order valence-corrected chi connectivity index (χ1v) is 9.56. The second-order valence-corrected chi connectivity index (χ2v) is 7.20. The molecule has 1 N–H and O–H groups in total. The predicted molar refractivity (Wildman–Crippen MR) is 108 cm³/mol. The Morgan fingerprint density at radius 3 is 2.70 bits per heavy atom. The first kappa shape index (κ1) is 19.5. The van der Waals surface area contributed by atoms with E-state index in [4.69, 9.17) is 28.0 Å². The predicted octanol–water partition coefficient (Wildman–Crippen LogP) is 4.72. The average molecular weight is 406 g/mol. The maximum atomic E-state index is 12.5. The molecule has 0 spiro atoms. The summed E-state index contributed by atoms with van der Waals surface area (Å²) in [5.41, 5.74) is 2.79. The number of urea groups is 1. The lowest BCUT2D eigenvalue weighted by molar-refractivity contribution is 0.0590. The van der Waals surface area contributed by atoms with E-state index >= 15 is 0 Å². The Morgan fingerprint density at radius 1 is 1.22 bits per heavy atom. The standard InChI is InChI=1S/C20H21Cl2N3O2/c1-2-23-20(26)25(12-14-4-3-5-17(22)10-14)13-18-11-19(24-27-18)15-6-8-16(21)9-7-15/h3-10,18H,2,11-13H2,1H3,(H,23,26)/t18-/m0/s1. The van der Waals surface area contributed by atoms with Crippen LogP contribution in [0.1, 0.15) is 24.5 Å². The van der Waals surface area contributed by atoms with Gasteiger partial charge in [-0.25, -0.2) is 4.79 Å². The van der Waals surface area contributed by atoms with Gasteiger partial charge in [0, 0.05) is 29.6 Å². The summed E-state index contributed by atoms with van der Waals surface area (Å²) in [6.45, 7) is 3.33. The van der Waals surface area contributed by atoms with Crippen molar-refractivity contribution in [1.82, 2.24) is 10.2 Å². The number of carbonyl (C=O) groups excluding carboxylic acids is 1. The van der Waals surface area contributed by atoms with E-state index in [0.29, 0.717) is 36.1 Å². The van der Waals surface area contributed by atoms with E-state index in [9.17, 15) is 4.79 Å². The maximum Gasteiger partial charge on any atom is 0.317 e. The van der Waals surface area contributed by atoms with Crippen molar-refractivity contribution in [3.05, 3.63) is 69.7 Å². The fourth-order valence-corrected chi connectivity index (χ4v) is 3.26. The van der Waals surface area contributed by atoms with Gasteiger partial charge in [-0.05, 0) is 42.3 Å². The van der Waals surface area contributed by atoms with Crippen LogP contribution < -0.4 is 5.32 Å². The summed E-state index contributed by atoms with van der Waals surface area (Å²) in [5.74, 6) is 0. The number of nitrogens with zero attached hydrogens (tertiary/aromatic N) is 2. The number of nitrogens with one attached hydrogen (secondary N) is 1. The van der Waals surface area contributed by atoms with Gasteiger partial charge in [0.2, 0.25) is 0 Å².